The highest BCUT2D eigenvalue weighted by Crippen LogP contribution is 2.22. The van der Waals surface area contributed by atoms with Crippen LogP contribution in [0.4, 0.5) is 5.69 Å². The normalized spacial score (nSPS) is 11.7. The van der Waals surface area contributed by atoms with Crippen molar-refractivity contribution in [1.29, 1.82) is 0 Å². The third kappa shape index (κ3) is 4.34. The number of carbonyl (C=O) groups excluding carboxylic acids is 2. The van der Waals surface area contributed by atoms with E-state index in [4.69, 9.17) is 11.6 Å². The van der Waals surface area contributed by atoms with Gasteiger partial charge in [-0.2, -0.15) is 0 Å². The van der Waals surface area contributed by atoms with Gasteiger partial charge in [-0.05, 0) is 37.1 Å². The molecule has 0 saturated carbocycles. The molecule has 0 spiro atoms. The maximum absolute atomic E-state index is 12.0. The first-order valence-electron chi connectivity index (χ1n) is 7.48. The van der Waals surface area contributed by atoms with Gasteiger partial charge in [-0.25, -0.2) is 0 Å². The fourth-order valence-corrected chi connectivity index (χ4v) is 2.45. The van der Waals surface area contributed by atoms with E-state index in [9.17, 15) is 14.7 Å². The Kier molecular flexibility index (Phi) is 5.95. The summed E-state index contributed by atoms with van der Waals surface area (Å²) in [6.45, 7) is 3.68. The fraction of sp³-hybridized carbons (Fsp3) is 0.222. The minimum Gasteiger partial charge on any atom is -0.387 e. The van der Waals surface area contributed by atoms with Crippen LogP contribution in [0.25, 0.3) is 0 Å². The Labute approximate surface area is 145 Å². The van der Waals surface area contributed by atoms with Gasteiger partial charge in [0, 0.05) is 22.8 Å². The van der Waals surface area contributed by atoms with Gasteiger partial charge in [-0.1, -0.05) is 41.9 Å². The van der Waals surface area contributed by atoms with Gasteiger partial charge in [0.25, 0.3) is 0 Å². The SMILES string of the molecule is Cc1cccc(NC(=O)C(=O)NC[C@H](O)c2ccccc2Cl)c1C. The Hall–Kier alpha value is -2.37. The zero-order valence-corrected chi connectivity index (χ0v) is 14.2. The lowest BCUT2D eigenvalue weighted by molar-refractivity contribution is -0.136. The number of hydrogen-bond donors (Lipinski definition) is 3. The molecule has 5 nitrogen and oxygen atoms in total. The zero-order chi connectivity index (χ0) is 17.7. The molecule has 2 aromatic rings. The van der Waals surface area contributed by atoms with Crippen LogP contribution in [0.2, 0.25) is 5.02 Å². The van der Waals surface area contributed by atoms with E-state index in [0.717, 1.165) is 11.1 Å². The van der Waals surface area contributed by atoms with Crippen LogP contribution >= 0.6 is 11.6 Å². The smallest absolute Gasteiger partial charge is 0.313 e. The summed E-state index contributed by atoms with van der Waals surface area (Å²) in [5, 5.41) is 15.4. The number of rotatable bonds is 4. The Bertz CT molecular complexity index is 762. The van der Waals surface area contributed by atoms with Crippen molar-refractivity contribution in [2.24, 2.45) is 0 Å². The number of anilines is 1. The number of carbonyl (C=O) groups is 2. The highest BCUT2D eigenvalue weighted by molar-refractivity contribution is 6.39. The highest BCUT2D eigenvalue weighted by atomic mass is 35.5. The summed E-state index contributed by atoms with van der Waals surface area (Å²) in [5.74, 6) is -1.60. The average molecular weight is 347 g/mol. The van der Waals surface area contributed by atoms with E-state index < -0.39 is 17.9 Å². The molecule has 0 radical (unpaired) electrons. The van der Waals surface area contributed by atoms with Gasteiger partial charge in [0.2, 0.25) is 0 Å². The molecule has 0 aliphatic heterocycles. The predicted octanol–water partition coefficient (Wildman–Crippen LogP) is 2.75. The Morgan fingerprint density at radius 1 is 1.08 bits per heavy atom. The molecule has 0 aliphatic rings. The molecule has 2 aromatic carbocycles. The number of hydrogen-bond acceptors (Lipinski definition) is 3. The maximum Gasteiger partial charge on any atom is 0.313 e. The molecule has 0 fully saturated rings. The van der Waals surface area contributed by atoms with Crippen LogP contribution < -0.4 is 10.6 Å². The molecule has 2 rings (SSSR count). The van der Waals surface area contributed by atoms with E-state index >= 15 is 0 Å². The Morgan fingerprint density at radius 3 is 2.50 bits per heavy atom. The lowest BCUT2D eigenvalue weighted by atomic mass is 10.1. The van der Waals surface area contributed by atoms with E-state index in [-0.39, 0.29) is 6.54 Å². The predicted molar refractivity (Wildman–Crippen MR) is 94.0 cm³/mol. The van der Waals surface area contributed by atoms with Gasteiger partial charge in [0.1, 0.15) is 0 Å². The minimum atomic E-state index is -0.990. The lowest BCUT2D eigenvalue weighted by Gasteiger charge is -2.14. The van der Waals surface area contributed by atoms with Crippen LogP contribution in [0.5, 0.6) is 0 Å². The van der Waals surface area contributed by atoms with Crippen molar-refractivity contribution >= 4 is 29.1 Å². The minimum absolute atomic E-state index is 0.108. The van der Waals surface area contributed by atoms with E-state index in [1.807, 2.05) is 19.9 Å². The van der Waals surface area contributed by atoms with Gasteiger partial charge < -0.3 is 15.7 Å². The lowest BCUT2D eigenvalue weighted by Crippen LogP contribution is -2.37. The summed E-state index contributed by atoms with van der Waals surface area (Å²) in [6.07, 6.45) is -0.990. The van der Waals surface area contributed by atoms with Crippen LogP contribution in [-0.4, -0.2) is 23.5 Å². The molecule has 6 heteroatoms. The van der Waals surface area contributed by atoms with Crippen LogP contribution in [0.15, 0.2) is 42.5 Å². The molecule has 3 N–H and O–H groups in total. The van der Waals surface area contributed by atoms with Gasteiger partial charge in [0.15, 0.2) is 0 Å². The topological polar surface area (TPSA) is 78.4 Å². The first-order chi connectivity index (χ1) is 11.4. The van der Waals surface area contributed by atoms with Crippen LogP contribution in [-0.2, 0) is 9.59 Å². The quantitative estimate of drug-likeness (QED) is 0.745. The first-order valence-corrected chi connectivity index (χ1v) is 7.86. The molecule has 126 valence electrons. The van der Waals surface area contributed by atoms with Crippen molar-refractivity contribution in [3.63, 3.8) is 0 Å². The molecule has 24 heavy (non-hydrogen) atoms. The monoisotopic (exact) mass is 346 g/mol. The summed E-state index contributed by atoms with van der Waals surface area (Å²) in [6, 6.07) is 12.2. The van der Waals surface area contributed by atoms with Crippen molar-refractivity contribution in [1.82, 2.24) is 5.32 Å². The summed E-state index contributed by atoms with van der Waals surface area (Å²) in [4.78, 5) is 23.9. The van der Waals surface area contributed by atoms with Gasteiger partial charge in [-0.3, -0.25) is 9.59 Å². The van der Waals surface area contributed by atoms with Gasteiger partial charge in [0.05, 0.1) is 6.10 Å². The first kappa shape index (κ1) is 18.0. The van der Waals surface area contributed by atoms with E-state index in [0.29, 0.717) is 16.3 Å². The Morgan fingerprint density at radius 2 is 1.79 bits per heavy atom. The zero-order valence-electron chi connectivity index (χ0n) is 13.5. The molecule has 0 saturated heterocycles. The number of aliphatic hydroxyl groups excluding tert-OH is 1. The number of aliphatic hydroxyl groups is 1. The van der Waals surface area contributed by atoms with Crippen LogP contribution in [0.3, 0.4) is 0 Å². The van der Waals surface area contributed by atoms with Crippen molar-refractivity contribution in [2.45, 2.75) is 20.0 Å². The standard InChI is InChI=1S/C18H19ClN2O3/c1-11-6-5-9-15(12(11)2)21-18(24)17(23)20-10-16(22)13-7-3-4-8-14(13)19/h3-9,16,22H,10H2,1-2H3,(H,20,23)(H,21,24)/t16-/m0/s1. The summed E-state index contributed by atoms with van der Waals surface area (Å²) >= 11 is 5.98. The number of amides is 2. The summed E-state index contributed by atoms with van der Waals surface area (Å²) in [7, 11) is 0. The molecule has 0 aliphatic carbocycles. The molecular formula is C18H19ClN2O3. The number of nitrogens with one attached hydrogen (secondary N) is 2. The van der Waals surface area contributed by atoms with Crippen molar-refractivity contribution in [2.75, 3.05) is 11.9 Å². The second-order valence-electron chi connectivity index (χ2n) is 5.45. The van der Waals surface area contributed by atoms with E-state index in [1.165, 1.54) is 0 Å². The van der Waals surface area contributed by atoms with Crippen LogP contribution in [0, 0.1) is 13.8 Å². The molecular weight excluding hydrogens is 328 g/mol. The number of aryl methyl sites for hydroxylation is 1. The molecule has 0 bridgehead atoms. The van der Waals surface area contributed by atoms with Gasteiger partial charge >= 0.3 is 11.8 Å². The van der Waals surface area contributed by atoms with Crippen molar-refractivity contribution < 1.29 is 14.7 Å². The molecule has 2 amide bonds. The number of halogens is 1. The largest absolute Gasteiger partial charge is 0.387 e. The fourth-order valence-electron chi connectivity index (χ4n) is 2.19. The number of benzene rings is 2. The second kappa shape index (κ2) is 7.95. The van der Waals surface area contributed by atoms with E-state index in [1.54, 1.807) is 36.4 Å². The third-order valence-electron chi connectivity index (χ3n) is 3.78. The highest BCUT2D eigenvalue weighted by Gasteiger charge is 2.17. The van der Waals surface area contributed by atoms with Crippen LogP contribution in [0.1, 0.15) is 22.8 Å². The summed E-state index contributed by atoms with van der Waals surface area (Å²) < 4.78 is 0. The van der Waals surface area contributed by atoms with Gasteiger partial charge in [-0.15, -0.1) is 0 Å². The molecule has 0 unspecified atom stereocenters. The van der Waals surface area contributed by atoms with Crippen molar-refractivity contribution in [3.05, 3.63) is 64.2 Å². The molecule has 0 aromatic heterocycles. The van der Waals surface area contributed by atoms with E-state index in [2.05, 4.69) is 10.6 Å². The molecule has 1 atom stereocenters. The maximum atomic E-state index is 12.0. The third-order valence-corrected chi connectivity index (χ3v) is 4.12. The molecule has 0 heterocycles. The van der Waals surface area contributed by atoms with Crippen molar-refractivity contribution in [3.8, 4) is 0 Å². The second-order valence-corrected chi connectivity index (χ2v) is 5.86. The summed E-state index contributed by atoms with van der Waals surface area (Å²) in [5.41, 5.74) is 2.99. The Balaban J connectivity index is 1.94. The average Bonchev–Trinajstić information content (AvgIpc) is 2.56.